The fraction of sp³-hybridized carbons (Fsp3) is 0.471. The molecule has 0 bridgehead atoms. The molecule has 0 radical (unpaired) electrons. The Morgan fingerprint density at radius 3 is 2.52 bits per heavy atom. The lowest BCUT2D eigenvalue weighted by atomic mass is 10.1. The third kappa shape index (κ3) is 4.12. The van der Waals surface area contributed by atoms with Gasteiger partial charge in [-0.05, 0) is 32.8 Å². The van der Waals surface area contributed by atoms with Crippen molar-refractivity contribution in [3.05, 3.63) is 39.6 Å². The van der Waals surface area contributed by atoms with Crippen LogP contribution in [0.15, 0.2) is 22.7 Å². The van der Waals surface area contributed by atoms with Crippen molar-refractivity contribution in [3.63, 3.8) is 0 Å². The Morgan fingerprint density at radius 2 is 1.92 bits per heavy atom. The van der Waals surface area contributed by atoms with E-state index in [1.165, 1.54) is 0 Å². The van der Waals surface area contributed by atoms with Crippen molar-refractivity contribution in [1.82, 2.24) is 5.16 Å². The van der Waals surface area contributed by atoms with E-state index in [0.29, 0.717) is 40.4 Å². The lowest BCUT2D eigenvalue weighted by Crippen LogP contribution is -2.01. The predicted octanol–water partition coefficient (Wildman–Crippen LogP) is 6.29. The van der Waals surface area contributed by atoms with Gasteiger partial charge in [-0.3, -0.25) is 4.57 Å². The lowest BCUT2D eigenvalue weighted by molar-refractivity contribution is 0.219. The second-order valence-corrected chi connectivity index (χ2v) is 8.69. The quantitative estimate of drug-likeness (QED) is 0.484. The molecule has 0 N–H and O–H groups in total. The zero-order valence-electron chi connectivity index (χ0n) is 14.1. The summed E-state index contributed by atoms with van der Waals surface area (Å²) in [6.45, 7) is 4.18. The minimum atomic E-state index is -3.30. The van der Waals surface area contributed by atoms with Crippen molar-refractivity contribution in [1.29, 1.82) is 0 Å². The second kappa shape index (κ2) is 7.81. The van der Waals surface area contributed by atoms with Gasteiger partial charge in [-0.1, -0.05) is 40.5 Å². The molecule has 1 saturated carbocycles. The van der Waals surface area contributed by atoms with E-state index in [9.17, 15) is 4.57 Å². The van der Waals surface area contributed by atoms with Gasteiger partial charge in [0.15, 0.2) is 0 Å². The molecule has 0 amide bonds. The molecule has 0 aliphatic heterocycles. The van der Waals surface area contributed by atoms with Gasteiger partial charge in [-0.15, -0.1) is 0 Å². The van der Waals surface area contributed by atoms with Crippen LogP contribution >= 0.6 is 30.8 Å². The largest absolute Gasteiger partial charge is 0.360 e. The van der Waals surface area contributed by atoms with Gasteiger partial charge in [0.25, 0.3) is 0 Å². The maximum atomic E-state index is 13.0. The molecule has 1 heterocycles. The first-order chi connectivity index (χ1) is 12.0. The van der Waals surface area contributed by atoms with E-state index in [2.05, 4.69) is 5.16 Å². The Labute approximate surface area is 157 Å². The Hall–Kier alpha value is -0.840. The Balaban J connectivity index is 2.06. The van der Waals surface area contributed by atoms with Crippen molar-refractivity contribution in [2.45, 2.75) is 38.8 Å². The number of nitrogens with zero attached hydrogens (tertiary/aromatic N) is 1. The zero-order valence-corrected chi connectivity index (χ0v) is 16.5. The molecular weight excluding hydrogens is 384 g/mol. The zero-order chi connectivity index (χ0) is 18.0. The van der Waals surface area contributed by atoms with Crippen molar-refractivity contribution in [3.8, 4) is 11.3 Å². The Bertz CT molecular complexity index is 794. The van der Waals surface area contributed by atoms with E-state index in [4.69, 9.17) is 36.8 Å². The maximum Gasteiger partial charge on any atom is 0.335 e. The summed E-state index contributed by atoms with van der Waals surface area (Å²) in [5.74, 6) is 1.04. The molecule has 2 aromatic rings. The van der Waals surface area contributed by atoms with E-state index in [1.54, 1.807) is 26.0 Å². The van der Waals surface area contributed by atoms with Crippen LogP contribution in [0.1, 0.15) is 43.9 Å². The van der Waals surface area contributed by atoms with Gasteiger partial charge in [0.2, 0.25) is 0 Å². The van der Waals surface area contributed by atoms with Crippen LogP contribution in [0.2, 0.25) is 10.0 Å². The normalized spacial score (nSPS) is 14.9. The molecule has 0 spiro atoms. The van der Waals surface area contributed by atoms with Gasteiger partial charge in [0.1, 0.15) is 11.5 Å². The molecule has 1 aliphatic carbocycles. The number of aromatic nitrogens is 1. The van der Waals surface area contributed by atoms with Gasteiger partial charge < -0.3 is 13.6 Å². The fourth-order valence-electron chi connectivity index (χ4n) is 2.75. The van der Waals surface area contributed by atoms with Crippen LogP contribution < -0.4 is 0 Å². The van der Waals surface area contributed by atoms with Crippen molar-refractivity contribution in [2.75, 3.05) is 13.2 Å². The SMILES string of the molecule is CCOP(=O)(Cc1c(-c2cccc(Cl)c2Cl)noc1C1CC1)OCC. The highest BCUT2D eigenvalue weighted by Crippen LogP contribution is 2.55. The summed E-state index contributed by atoms with van der Waals surface area (Å²) in [6.07, 6.45) is 2.15. The third-order valence-electron chi connectivity index (χ3n) is 3.98. The molecule has 136 valence electrons. The van der Waals surface area contributed by atoms with E-state index in [-0.39, 0.29) is 6.16 Å². The first-order valence-corrected chi connectivity index (χ1v) is 10.8. The fourth-order valence-corrected chi connectivity index (χ4v) is 4.88. The number of halogens is 2. The number of rotatable bonds is 8. The molecule has 3 rings (SSSR count). The Kier molecular flexibility index (Phi) is 5.92. The van der Waals surface area contributed by atoms with Crippen LogP contribution in [0, 0.1) is 0 Å². The van der Waals surface area contributed by atoms with Gasteiger partial charge in [0.05, 0.1) is 29.4 Å². The molecule has 5 nitrogen and oxygen atoms in total. The highest BCUT2D eigenvalue weighted by molar-refractivity contribution is 7.53. The summed E-state index contributed by atoms with van der Waals surface area (Å²) >= 11 is 12.5. The van der Waals surface area contributed by atoms with Crippen LogP contribution in [0.5, 0.6) is 0 Å². The first-order valence-electron chi connectivity index (χ1n) is 8.30. The summed E-state index contributed by atoms with van der Waals surface area (Å²) in [5.41, 5.74) is 1.94. The summed E-state index contributed by atoms with van der Waals surface area (Å²) in [4.78, 5) is 0. The van der Waals surface area contributed by atoms with Gasteiger partial charge in [0, 0.05) is 17.0 Å². The third-order valence-corrected chi connectivity index (χ3v) is 6.80. The summed E-state index contributed by atoms with van der Waals surface area (Å²) in [7, 11) is -3.30. The van der Waals surface area contributed by atoms with E-state index in [1.807, 2.05) is 6.07 Å². The molecule has 1 aliphatic rings. The van der Waals surface area contributed by atoms with Crippen LogP contribution in [0.3, 0.4) is 0 Å². The molecule has 1 aromatic carbocycles. The predicted molar refractivity (Wildman–Crippen MR) is 98.5 cm³/mol. The Morgan fingerprint density at radius 1 is 1.24 bits per heavy atom. The standard InChI is InChI=1S/C17H20Cl2NO4P/c1-3-22-25(21,23-4-2)10-13-16(20-24-17(13)11-8-9-11)12-6-5-7-14(18)15(12)19/h5-7,11H,3-4,8-10H2,1-2H3. The molecule has 25 heavy (non-hydrogen) atoms. The highest BCUT2D eigenvalue weighted by atomic mass is 35.5. The van der Waals surface area contributed by atoms with Crippen LogP contribution in [-0.2, 0) is 19.8 Å². The molecular formula is C17H20Cl2NO4P. The second-order valence-electron chi connectivity index (χ2n) is 5.85. The molecule has 1 fully saturated rings. The summed E-state index contributed by atoms with van der Waals surface area (Å²) in [5, 5.41) is 5.03. The van der Waals surface area contributed by atoms with E-state index in [0.717, 1.165) is 24.2 Å². The highest BCUT2D eigenvalue weighted by Gasteiger charge is 2.37. The maximum absolute atomic E-state index is 13.0. The van der Waals surface area contributed by atoms with Gasteiger partial charge >= 0.3 is 7.60 Å². The van der Waals surface area contributed by atoms with Gasteiger partial charge in [-0.2, -0.15) is 0 Å². The number of benzene rings is 1. The topological polar surface area (TPSA) is 61.6 Å². The molecule has 0 atom stereocenters. The smallest absolute Gasteiger partial charge is 0.335 e. The van der Waals surface area contributed by atoms with Crippen LogP contribution in [-0.4, -0.2) is 18.4 Å². The van der Waals surface area contributed by atoms with Crippen LogP contribution in [0.25, 0.3) is 11.3 Å². The van der Waals surface area contributed by atoms with Gasteiger partial charge in [-0.25, -0.2) is 0 Å². The molecule has 8 heteroatoms. The summed E-state index contributed by atoms with van der Waals surface area (Å²) in [6, 6.07) is 5.32. The average Bonchev–Trinajstić information content (AvgIpc) is 3.33. The minimum Gasteiger partial charge on any atom is -0.360 e. The van der Waals surface area contributed by atoms with Crippen molar-refractivity contribution < 1.29 is 18.1 Å². The molecule has 0 unspecified atom stereocenters. The average molecular weight is 404 g/mol. The number of hydrogen-bond acceptors (Lipinski definition) is 5. The summed E-state index contributed by atoms with van der Waals surface area (Å²) < 4.78 is 29.5. The number of hydrogen-bond donors (Lipinski definition) is 0. The van der Waals surface area contributed by atoms with E-state index < -0.39 is 7.60 Å². The minimum absolute atomic E-state index is 0.0994. The van der Waals surface area contributed by atoms with Crippen molar-refractivity contribution in [2.24, 2.45) is 0 Å². The first kappa shape index (κ1) is 18.9. The monoisotopic (exact) mass is 403 g/mol. The van der Waals surface area contributed by atoms with Crippen LogP contribution in [0.4, 0.5) is 0 Å². The molecule has 0 saturated heterocycles. The lowest BCUT2D eigenvalue weighted by Gasteiger charge is -2.17. The van der Waals surface area contributed by atoms with E-state index >= 15 is 0 Å². The molecule has 1 aromatic heterocycles. The van der Waals surface area contributed by atoms with Crippen molar-refractivity contribution >= 4 is 30.8 Å².